The molecule has 0 atom stereocenters. The van der Waals surface area contributed by atoms with Crippen LogP contribution < -0.4 is 11.0 Å². The highest BCUT2D eigenvalue weighted by molar-refractivity contribution is 5.92. The molecule has 0 aliphatic carbocycles. The Hall–Kier alpha value is -2.37. The molecule has 6 nitrogen and oxygen atoms in total. The predicted octanol–water partition coefficient (Wildman–Crippen LogP) is 1.64. The topological polar surface area (TPSA) is 68.9 Å². The first-order valence-electron chi connectivity index (χ1n) is 7.59. The van der Waals surface area contributed by atoms with Crippen LogP contribution in [-0.4, -0.2) is 20.3 Å². The van der Waals surface area contributed by atoms with Crippen molar-refractivity contribution in [3.63, 3.8) is 0 Å². The van der Waals surface area contributed by atoms with Crippen molar-refractivity contribution in [2.75, 3.05) is 5.32 Å². The molecule has 6 heteroatoms. The van der Waals surface area contributed by atoms with E-state index in [1.165, 1.54) is 4.68 Å². The van der Waals surface area contributed by atoms with Crippen LogP contribution in [0.25, 0.3) is 0 Å². The summed E-state index contributed by atoms with van der Waals surface area (Å²) in [5.74, 6) is 0.561. The molecule has 0 bridgehead atoms. The molecule has 2 heterocycles. The van der Waals surface area contributed by atoms with Crippen LogP contribution in [-0.2, 0) is 24.3 Å². The van der Waals surface area contributed by atoms with Gasteiger partial charge >= 0.3 is 5.69 Å². The number of anilines is 1. The van der Waals surface area contributed by atoms with E-state index in [-0.39, 0.29) is 18.1 Å². The second-order valence-electron chi connectivity index (χ2n) is 5.78. The van der Waals surface area contributed by atoms with E-state index in [1.54, 1.807) is 4.57 Å². The Labute approximate surface area is 128 Å². The molecule has 0 saturated heterocycles. The van der Waals surface area contributed by atoms with E-state index in [0.717, 1.165) is 41.9 Å². The maximum atomic E-state index is 12.2. The molecule has 0 saturated carbocycles. The predicted molar refractivity (Wildman–Crippen MR) is 84.0 cm³/mol. The molecule has 1 aromatic heterocycles. The number of aryl methyl sites for hydroxylation is 3. The SMILES string of the molecule is Cc1cccc(C)c1NC(=O)Cn1nc2n(c1=O)CCCC2. The van der Waals surface area contributed by atoms with Gasteiger partial charge in [0, 0.05) is 18.7 Å². The summed E-state index contributed by atoms with van der Waals surface area (Å²) in [4.78, 5) is 24.5. The minimum absolute atomic E-state index is 0.0490. The quantitative estimate of drug-likeness (QED) is 0.937. The molecule has 2 aromatic rings. The highest BCUT2D eigenvalue weighted by Crippen LogP contribution is 2.19. The van der Waals surface area contributed by atoms with Crippen LogP contribution in [0.2, 0.25) is 0 Å². The Kier molecular flexibility index (Phi) is 3.83. The van der Waals surface area contributed by atoms with Gasteiger partial charge in [-0.15, -0.1) is 0 Å². The number of aromatic nitrogens is 3. The van der Waals surface area contributed by atoms with Gasteiger partial charge in [0.1, 0.15) is 12.4 Å². The number of fused-ring (bicyclic) bond motifs is 1. The smallest absolute Gasteiger partial charge is 0.324 e. The minimum atomic E-state index is -0.227. The van der Waals surface area contributed by atoms with E-state index >= 15 is 0 Å². The van der Waals surface area contributed by atoms with Gasteiger partial charge in [0.2, 0.25) is 5.91 Å². The number of para-hydroxylation sites is 1. The molecule has 0 radical (unpaired) electrons. The first-order chi connectivity index (χ1) is 10.6. The highest BCUT2D eigenvalue weighted by atomic mass is 16.2. The zero-order valence-electron chi connectivity index (χ0n) is 12.9. The molecule has 0 unspecified atom stereocenters. The largest absolute Gasteiger partial charge is 0.346 e. The fourth-order valence-electron chi connectivity index (χ4n) is 2.88. The number of hydrogen-bond acceptors (Lipinski definition) is 3. The van der Waals surface area contributed by atoms with Crippen molar-refractivity contribution < 1.29 is 4.79 Å². The molecule has 3 rings (SSSR count). The van der Waals surface area contributed by atoms with E-state index < -0.39 is 0 Å². The number of nitrogens with one attached hydrogen (secondary N) is 1. The number of carbonyl (C=O) groups excluding carboxylic acids is 1. The first-order valence-corrected chi connectivity index (χ1v) is 7.59. The average molecular weight is 300 g/mol. The van der Waals surface area contributed by atoms with Gasteiger partial charge < -0.3 is 5.32 Å². The van der Waals surface area contributed by atoms with Crippen molar-refractivity contribution in [1.82, 2.24) is 14.3 Å². The Bertz CT molecular complexity index is 753. The second-order valence-corrected chi connectivity index (χ2v) is 5.78. The van der Waals surface area contributed by atoms with Crippen molar-refractivity contribution in [2.45, 2.75) is 46.2 Å². The Balaban J connectivity index is 1.78. The maximum absolute atomic E-state index is 12.2. The lowest BCUT2D eigenvalue weighted by Gasteiger charge is -2.11. The number of nitrogens with zero attached hydrogens (tertiary/aromatic N) is 3. The third kappa shape index (κ3) is 2.68. The number of hydrogen-bond donors (Lipinski definition) is 1. The summed E-state index contributed by atoms with van der Waals surface area (Å²) in [6.07, 6.45) is 2.85. The van der Waals surface area contributed by atoms with Crippen molar-refractivity contribution in [2.24, 2.45) is 0 Å². The van der Waals surface area contributed by atoms with Crippen LogP contribution in [0.4, 0.5) is 5.69 Å². The number of rotatable bonds is 3. The van der Waals surface area contributed by atoms with Gasteiger partial charge in [0.25, 0.3) is 0 Å². The van der Waals surface area contributed by atoms with Gasteiger partial charge in [-0.2, -0.15) is 5.10 Å². The summed E-state index contributed by atoms with van der Waals surface area (Å²) in [6.45, 7) is 4.55. The Morgan fingerprint density at radius 1 is 1.27 bits per heavy atom. The van der Waals surface area contributed by atoms with Gasteiger partial charge in [0.15, 0.2) is 0 Å². The van der Waals surface area contributed by atoms with E-state index in [1.807, 2.05) is 32.0 Å². The summed E-state index contributed by atoms with van der Waals surface area (Å²) in [5, 5.41) is 7.17. The van der Waals surface area contributed by atoms with E-state index in [0.29, 0.717) is 6.54 Å². The Morgan fingerprint density at radius 3 is 2.68 bits per heavy atom. The minimum Gasteiger partial charge on any atom is -0.324 e. The molecule has 116 valence electrons. The van der Waals surface area contributed by atoms with Gasteiger partial charge in [0.05, 0.1) is 0 Å². The number of carbonyl (C=O) groups is 1. The van der Waals surface area contributed by atoms with Gasteiger partial charge in [-0.05, 0) is 37.8 Å². The second kappa shape index (κ2) is 5.79. The van der Waals surface area contributed by atoms with Crippen LogP contribution in [0.5, 0.6) is 0 Å². The molecule has 1 aromatic carbocycles. The molecule has 1 N–H and O–H groups in total. The van der Waals surface area contributed by atoms with Crippen molar-refractivity contribution in [3.8, 4) is 0 Å². The standard InChI is InChI=1S/C16H20N4O2/c1-11-6-5-7-12(2)15(11)17-14(21)10-20-16(22)19-9-4-3-8-13(19)18-20/h5-7H,3-4,8-10H2,1-2H3,(H,17,21). The van der Waals surface area contributed by atoms with Crippen LogP contribution in [0, 0.1) is 13.8 Å². The number of benzene rings is 1. The summed E-state index contributed by atoms with van der Waals surface area (Å²) in [7, 11) is 0. The molecular formula is C16H20N4O2. The van der Waals surface area contributed by atoms with Gasteiger partial charge in [-0.1, -0.05) is 18.2 Å². The van der Waals surface area contributed by atoms with Crippen LogP contribution in [0.3, 0.4) is 0 Å². The molecule has 22 heavy (non-hydrogen) atoms. The lowest BCUT2D eigenvalue weighted by Crippen LogP contribution is -2.31. The van der Waals surface area contributed by atoms with Gasteiger partial charge in [-0.3, -0.25) is 9.36 Å². The molecule has 1 aliphatic heterocycles. The van der Waals surface area contributed by atoms with E-state index in [9.17, 15) is 9.59 Å². The Morgan fingerprint density at radius 2 is 2.00 bits per heavy atom. The zero-order chi connectivity index (χ0) is 15.7. The highest BCUT2D eigenvalue weighted by Gasteiger charge is 2.18. The maximum Gasteiger partial charge on any atom is 0.346 e. The van der Waals surface area contributed by atoms with Gasteiger partial charge in [-0.25, -0.2) is 9.48 Å². The summed E-state index contributed by atoms with van der Waals surface area (Å²) in [6, 6.07) is 5.85. The van der Waals surface area contributed by atoms with Crippen molar-refractivity contribution >= 4 is 11.6 Å². The lowest BCUT2D eigenvalue weighted by atomic mass is 10.1. The lowest BCUT2D eigenvalue weighted by molar-refractivity contribution is -0.117. The van der Waals surface area contributed by atoms with Crippen LogP contribution in [0.1, 0.15) is 29.8 Å². The van der Waals surface area contributed by atoms with E-state index in [2.05, 4.69) is 10.4 Å². The normalized spacial score (nSPS) is 13.7. The first kappa shape index (κ1) is 14.6. The summed E-state index contributed by atoms with van der Waals surface area (Å²) in [5.41, 5.74) is 2.63. The molecule has 1 amide bonds. The summed E-state index contributed by atoms with van der Waals surface area (Å²) >= 11 is 0. The van der Waals surface area contributed by atoms with Crippen molar-refractivity contribution in [1.29, 1.82) is 0 Å². The fourth-order valence-corrected chi connectivity index (χ4v) is 2.88. The molecule has 0 spiro atoms. The van der Waals surface area contributed by atoms with Crippen molar-refractivity contribution in [3.05, 3.63) is 45.6 Å². The molecular weight excluding hydrogens is 280 g/mol. The third-order valence-electron chi connectivity index (χ3n) is 4.07. The van der Waals surface area contributed by atoms with E-state index in [4.69, 9.17) is 0 Å². The monoisotopic (exact) mass is 300 g/mol. The number of amides is 1. The third-order valence-corrected chi connectivity index (χ3v) is 4.07. The molecule has 1 aliphatic rings. The zero-order valence-corrected chi connectivity index (χ0v) is 12.9. The summed E-state index contributed by atoms with van der Waals surface area (Å²) < 4.78 is 2.94. The van der Waals surface area contributed by atoms with Crippen LogP contribution in [0.15, 0.2) is 23.0 Å². The fraction of sp³-hybridized carbons (Fsp3) is 0.438. The molecule has 0 fully saturated rings. The average Bonchev–Trinajstić information content (AvgIpc) is 2.80. The van der Waals surface area contributed by atoms with Crippen LogP contribution >= 0.6 is 0 Å².